The van der Waals surface area contributed by atoms with Gasteiger partial charge in [-0.2, -0.15) is 0 Å². The van der Waals surface area contributed by atoms with E-state index in [9.17, 15) is 9.59 Å². The highest BCUT2D eigenvalue weighted by Crippen LogP contribution is 2.60. The van der Waals surface area contributed by atoms with Gasteiger partial charge in [-0.05, 0) is 369 Å². The van der Waals surface area contributed by atoms with Gasteiger partial charge in [0.1, 0.15) is 59.2 Å². The predicted molar refractivity (Wildman–Crippen MR) is 585 cm³/mol. The van der Waals surface area contributed by atoms with Crippen LogP contribution in [0.5, 0.6) is 46.0 Å². The molecule has 18 rings (SSSR count). The Labute approximate surface area is 852 Å². The Morgan fingerprint density at radius 3 is 1.11 bits per heavy atom. The molecule has 0 heterocycles. The van der Waals surface area contributed by atoms with E-state index < -0.39 is 0 Å². The molecule has 6 aliphatic carbocycles. The molecule has 2 N–H and O–H groups in total. The summed E-state index contributed by atoms with van der Waals surface area (Å²) in [4.78, 5) is 25.2. The van der Waals surface area contributed by atoms with Gasteiger partial charge in [-0.25, -0.2) is 4.79 Å². The third kappa shape index (κ3) is 35.4. The van der Waals surface area contributed by atoms with Crippen LogP contribution in [-0.4, -0.2) is 67.3 Å². The van der Waals surface area contributed by atoms with Gasteiger partial charge in [0.05, 0.1) is 36.9 Å². The maximum absolute atomic E-state index is 12.9. The molecule has 6 aliphatic rings. The highest BCUT2D eigenvalue weighted by Gasteiger charge is 2.56. The first kappa shape index (κ1) is 111. The van der Waals surface area contributed by atoms with Gasteiger partial charge in [-0.3, -0.25) is 4.79 Å². The Morgan fingerprint density at radius 2 is 0.683 bits per heavy atom. The molecule has 0 radical (unpaired) electrons. The van der Waals surface area contributed by atoms with Gasteiger partial charge in [0.25, 0.3) is 0 Å². The van der Waals surface area contributed by atoms with Crippen molar-refractivity contribution in [3.05, 3.63) is 335 Å². The molecule has 12 aromatic rings. The summed E-state index contributed by atoms with van der Waals surface area (Å²) in [5, 5.41) is 22.7. The Morgan fingerprint density at radius 1 is 0.331 bits per heavy atom. The smallest absolute Gasteiger partial charge is 0.343 e. The number of aromatic hydroxyl groups is 2. The number of carbonyl (C=O) groups is 2. The van der Waals surface area contributed by atoms with E-state index in [1.807, 2.05) is 135 Å². The van der Waals surface area contributed by atoms with E-state index in [0.717, 1.165) is 127 Å². The molecule has 142 heavy (non-hydrogen) atoms. The molecule has 6 fully saturated rings. The van der Waals surface area contributed by atoms with E-state index in [0.29, 0.717) is 103 Å². The molecule has 13 heteroatoms. The summed E-state index contributed by atoms with van der Waals surface area (Å²) in [5.74, 6) is 12.3. The lowest BCUT2D eigenvalue weighted by Gasteiger charge is -2.55. The fraction of sp³-hybridized carbons (Fsp3) is 0.457. The molecule has 9 unspecified atom stereocenters. The lowest BCUT2D eigenvalue weighted by molar-refractivity contribution is -0.161. The van der Waals surface area contributed by atoms with Crippen LogP contribution in [0.4, 0.5) is 0 Å². The molecule has 12 aromatic carbocycles. The summed E-state index contributed by atoms with van der Waals surface area (Å²) >= 11 is 0. The first-order valence-electron chi connectivity index (χ1n) is 53.9. The van der Waals surface area contributed by atoms with E-state index in [1.165, 1.54) is 144 Å². The fourth-order valence-electron chi connectivity index (χ4n) is 20.0. The van der Waals surface area contributed by atoms with Gasteiger partial charge in [-0.1, -0.05) is 305 Å². The summed E-state index contributed by atoms with van der Waals surface area (Å²) in [6.45, 7) is 37.6. The molecule has 9 atom stereocenters. The number of hydrogen-bond donors (Lipinski definition) is 2. The molecule has 0 aliphatic heterocycles. The second kappa shape index (κ2) is 58.5. The van der Waals surface area contributed by atoms with Crippen LogP contribution in [0.1, 0.15) is 366 Å². The number of fused-ring (bicyclic) bond motifs is 2. The Bertz CT molecular complexity index is 5500. The maximum Gasteiger partial charge on any atom is 0.343 e. The number of hydrogen-bond acceptors (Lipinski definition) is 13. The number of ether oxygens (including phenoxy) is 9. The zero-order valence-electron chi connectivity index (χ0n) is 88.3. The number of phenols is 2. The summed E-state index contributed by atoms with van der Waals surface area (Å²) in [5.41, 5.74) is 12.3. The molecule has 0 spiro atoms. The van der Waals surface area contributed by atoms with Crippen molar-refractivity contribution in [1.82, 2.24) is 0 Å². The minimum absolute atomic E-state index is 0.0490. The molecule has 6 saturated carbocycles. The van der Waals surface area contributed by atoms with E-state index >= 15 is 0 Å². The van der Waals surface area contributed by atoms with Crippen molar-refractivity contribution >= 4 is 33.5 Å². The SMILES string of the molecule is CCC(C)c1ccc(O)cc1.CCC(C)c1ccc(O)cc1.CCC(C)c1ccc(OC(=O)C23CC4CC(CC(C4)C2)C3)cc1.CCC(C)c1ccc(OC(=O)c2ccc3ccccc3c2)cc1.CCC(C)c1ccc(OC(C)OCCOC2CCCCC2)cc1.CCC(C)c1ccc(OC(C)OCCOc2ccc(C3CCCCC3)cc2)cc1.CCC(C)c1ccc(OCc2cccc3ccccc23)cc1. The average molecular weight is 1920 g/mol. The van der Waals surface area contributed by atoms with Crippen molar-refractivity contribution in [2.24, 2.45) is 23.2 Å². The zero-order valence-corrected chi connectivity index (χ0v) is 88.3. The lowest BCUT2D eigenvalue weighted by Crippen LogP contribution is -2.51. The average Bonchev–Trinajstić information content (AvgIpc) is 0.738. The topological polar surface area (TPSA) is 158 Å². The number of benzene rings is 12. The molecule has 0 saturated heterocycles. The van der Waals surface area contributed by atoms with E-state index in [2.05, 4.69) is 224 Å². The van der Waals surface area contributed by atoms with Crippen molar-refractivity contribution < 1.29 is 62.4 Å². The highest BCUT2D eigenvalue weighted by atomic mass is 16.7. The van der Waals surface area contributed by atoms with Gasteiger partial charge in [0.15, 0.2) is 12.6 Å². The number of rotatable bonds is 36. The number of carbonyl (C=O) groups excluding carboxylic acids is 2. The second-order valence-electron chi connectivity index (χ2n) is 40.7. The standard InChI is InChI=1S/C26H36O3.C21H28O2.C21H20O2.C21H22O.C20H32O3.2C10H14O/c1-4-20(2)22-10-16-26(17-11-22)29-21(3)27-18-19-28-25-14-12-24(13-15-25)23-8-6-5-7-9-23;1-3-14(2)18-4-6-19(7-5-18)23-20(22)21-11-15-8-16(12-21)10-17(9-15)13-21;1-3-15(2)16-10-12-20(13-11-16)23-21(22)19-9-8-17-6-4-5-7-18(17)14-19;1-3-16(2)17-11-13-20(14-12-17)22-15-19-9-6-8-18-7-4-5-10-21(18)19;1-4-16(2)18-10-12-20(13-11-18)23-17(3)21-14-15-22-19-8-6-5-7-9-19;2*1-3-8(2)9-4-6-10(11)7-5-9/h10-17,20-21,23H,4-9,18-19H2,1-3H3;4-7,14-17H,3,8-13H2,1-2H3;4-15H,3H2,1-2H3;4-14,16H,3,15H2,1-2H3;10-13,16-17,19H,4-9,14-15H2,1-3H3;2*4-8,11H,3H2,1-2H3. The molecule has 760 valence electrons. The van der Waals surface area contributed by atoms with Crippen LogP contribution in [0, 0.1) is 23.2 Å². The van der Waals surface area contributed by atoms with Crippen LogP contribution in [0.2, 0.25) is 0 Å². The third-order valence-electron chi connectivity index (χ3n) is 30.2. The van der Waals surface area contributed by atoms with Crippen LogP contribution in [0.15, 0.2) is 279 Å². The zero-order chi connectivity index (χ0) is 101. The molecular formula is C129H166O13. The minimum atomic E-state index is -0.327. The monoisotopic (exact) mass is 1920 g/mol. The van der Waals surface area contributed by atoms with Gasteiger partial charge >= 0.3 is 11.9 Å². The molecule has 13 nitrogen and oxygen atoms in total. The van der Waals surface area contributed by atoms with Crippen molar-refractivity contribution in [3.63, 3.8) is 0 Å². The van der Waals surface area contributed by atoms with Crippen molar-refractivity contribution in [2.45, 2.75) is 331 Å². The number of phenolic OH excluding ortho intramolecular Hbond substituents is 2. The van der Waals surface area contributed by atoms with Crippen molar-refractivity contribution in [1.29, 1.82) is 0 Å². The molecular weight excluding hydrogens is 1760 g/mol. The summed E-state index contributed by atoms with van der Waals surface area (Å²) < 4.78 is 52.0. The van der Waals surface area contributed by atoms with Crippen LogP contribution >= 0.6 is 0 Å². The fourth-order valence-corrected chi connectivity index (χ4v) is 20.0. The summed E-state index contributed by atoms with van der Waals surface area (Å²) in [7, 11) is 0. The van der Waals surface area contributed by atoms with E-state index in [1.54, 1.807) is 30.3 Å². The van der Waals surface area contributed by atoms with Gasteiger partial charge in [0.2, 0.25) is 0 Å². The Hall–Kier alpha value is -11.2. The first-order valence-corrected chi connectivity index (χ1v) is 53.9. The largest absolute Gasteiger partial charge is 0.508 e. The lowest BCUT2D eigenvalue weighted by atomic mass is 9.49. The summed E-state index contributed by atoms with van der Waals surface area (Å²) in [6.07, 6.45) is 28.3. The Balaban J connectivity index is 0.000000161. The summed E-state index contributed by atoms with van der Waals surface area (Å²) in [6, 6.07) is 92.9. The van der Waals surface area contributed by atoms with Gasteiger partial charge in [0, 0.05) is 0 Å². The highest BCUT2D eigenvalue weighted by molar-refractivity contribution is 5.96. The van der Waals surface area contributed by atoms with Crippen LogP contribution < -0.4 is 28.4 Å². The quantitative estimate of drug-likeness (QED) is 0.0166. The van der Waals surface area contributed by atoms with Crippen molar-refractivity contribution in [3.8, 4) is 46.0 Å². The van der Waals surface area contributed by atoms with Crippen LogP contribution in [0.3, 0.4) is 0 Å². The van der Waals surface area contributed by atoms with Gasteiger partial charge in [-0.15, -0.1) is 0 Å². The van der Waals surface area contributed by atoms with E-state index in [4.69, 9.17) is 52.8 Å². The van der Waals surface area contributed by atoms with Crippen LogP contribution in [0.25, 0.3) is 21.5 Å². The van der Waals surface area contributed by atoms with Gasteiger partial charge < -0.3 is 52.8 Å². The molecule has 0 aromatic heterocycles. The predicted octanol–water partition coefficient (Wildman–Crippen LogP) is 35.0. The van der Waals surface area contributed by atoms with Crippen molar-refractivity contribution in [2.75, 3.05) is 26.4 Å². The third-order valence-corrected chi connectivity index (χ3v) is 30.2. The van der Waals surface area contributed by atoms with Crippen LogP contribution in [-0.2, 0) is 25.6 Å². The Kier molecular flexibility index (Phi) is 45.8. The normalized spacial score (nSPS) is 18.2. The maximum atomic E-state index is 12.9. The number of esters is 2. The first-order chi connectivity index (χ1) is 68.8. The molecule has 4 bridgehead atoms. The molecule has 0 amide bonds. The van der Waals surface area contributed by atoms with E-state index in [-0.39, 0.29) is 29.9 Å². The second-order valence-corrected chi connectivity index (χ2v) is 40.7. The minimum Gasteiger partial charge on any atom is -0.508 e.